The molecule has 1 aromatic rings. The predicted octanol–water partition coefficient (Wildman–Crippen LogP) is 1.26. The van der Waals surface area contributed by atoms with Crippen molar-refractivity contribution in [2.24, 2.45) is 5.73 Å². The van der Waals surface area contributed by atoms with Crippen molar-refractivity contribution in [2.45, 2.75) is 12.9 Å². The van der Waals surface area contributed by atoms with Gasteiger partial charge in [0.15, 0.2) is 6.29 Å². The number of hydrogen-bond acceptors (Lipinski definition) is 5. The maximum Gasteiger partial charge on any atom is 0.574 e. The van der Waals surface area contributed by atoms with Crippen LogP contribution in [0.1, 0.15) is 15.9 Å². The highest BCUT2D eigenvalue weighted by atomic mass is 19.4. The van der Waals surface area contributed by atoms with Crippen LogP contribution in [0.5, 0.6) is 11.8 Å². The highest BCUT2D eigenvalue weighted by molar-refractivity contribution is 5.81. The molecule has 1 aromatic heterocycles. The number of pyridine rings is 1. The molecular formula is C9H9F3N2O3. The third-order valence-corrected chi connectivity index (χ3v) is 1.85. The standard InChI is InChI=1S/C9H9F3N2O3/c1-16-7-2-5(3-13)6(4-15)8(14-7)17-9(10,11)12/h2,4H,3,13H2,1H3. The predicted molar refractivity (Wildman–Crippen MR) is 50.8 cm³/mol. The molecule has 0 aliphatic heterocycles. The van der Waals surface area contributed by atoms with Gasteiger partial charge >= 0.3 is 6.36 Å². The second-order valence-electron chi connectivity index (χ2n) is 2.91. The van der Waals surface area contributed by atoms with E-state index in [0.29, 0.717) is 0 Å². The third kappa shape index (κ3) is 3.31. The summed E-state index contributed by atoms with van der Waals surface area (Å²) in [5, 5.41) is 0. The number of carbonyl (C=O) groups is 1. The number of methoxy groups -OCH3 is 1. The molecule has 8 heteroatoms. The summed E-state index contributed by atoms with van der Waals surface area (Å²) in [6.07, 6.45) is -4.74. The van der Waals surface area contributed by atoms with E-state index in [9.17, 15) is 18.0 Å². The van der Waals surface area contributed by atoms with E-state index in [4.69, 9.17) is 5.73 Å². The largest absolute Gasteiger partial charge is 0.574 e. The highest BCUT2D eigenvalue weighted by Gasteiger charge is 2.33. The number of alkyl halides is 3. The molecule has 17 heavy (non-hydrogen) atoms. The van der Waals surface area contributed by atoms with E-state index in [1.165, 1.54) is 13.2 Å². The Morgan fingerprint density at radius 2 is 2.18 bits per heavy atom. The second-order valence-corrected chi connectivity index (χ2v) is 2.91. The second kappa shape index (κ2) is 5.00. The minimum atomic E-state index is -4.94. The fourth-order valence-corrected chi connectivity index (χ4v) is 1.14. The number of aromatic nitrogens is 1. The summed E-state index contributed by atoms with van der Waals surface area (Å²) in [5.41, 5.74) is 5.12. The van der Waals surface area contributed by atoms with Gasteiger partial charge in [0.2, 0.25) is 11.8 Å². The topological polar surface area (TPSA) is 74.4 Å². The lowest BCUT2D eigenvalue weighted by Crippen LogP contribution is -2.20. The molecular weight excluding hydrogens is 241 g/mol. The molecule has 0 amide bonds. The Hall–Kier alpha value is -1.83. The van der Waals surface area contributed by atoms with Crippen LogP contribution in [0.2, 0.25) is 0 Å². The lowest BCUT2D eigenvalue weighted by Gasteiger charge is -2.13. The summed E-state index contributed by atoms with van der Waals surface area (Å²) < 4.78 is 44.5. The van der Waals surface area contributed by atoms with Gasteiger partial charge in [0.1, 0.15) is 0 Å². The van der Waals surface area contributed by atoms with Crippen molar-refractivity contribution in [3.63, 3.8) is 0 Å². The first-order valence-corrected chi connectivity index (χ1v) is 4.40. The number of ether oxygens (including phenoxy) is 2. The first kappa shape index (κ1) is 13.2. The Bertz CT molecular complexity index is 421. The van der Waals surface area contributed by atoms with Gasteiger partial charge in [-0.2, -0.15) is 4.98 Å². The van der Waals surface area contributed by atoms with Crippen LogP contribution in [0.4, 0.5) is 13.2 Å². The average Bonchev–Trinajstić information content (AvgIpc) is 2.25. The maximum atomic E-state index is 12.1. The third-order valence-electron chi connectivity index (χ3n) is 1.85. The van der Waals surface area contributed by atoms with Crippen LogP contribution in [0.15, 0.2) is 6.07 Å². The summed E-state index contributed by atoms with van der Waals surface area (Å²) in [7, 11) is 1.22. The van der Waals surface area contributed by atoms with Crippen LogP contribution in [0.3, 0.4) is 0 Å². The van der Waals surface area contributed by atoms with Crippen LogP contribution in [-0.2, 0) is 6.54 Å². The number of rotatable bonds is 4. The molecule has 0 aliphatic carbocycles. The summed E-state index contributed by atoms with van der Waals surface area (Å²) in [6, 6.07) is 1.27. The zero-order chi connectivity index (χ0) is 13.1. The number of carbonyl (C=O) groups excluding carboxylic acids is 1. The molecule has 0 aliphatic rings. The van der Waals surface area contributed by atoms with Crippen molar-refractivity contribution < 1.29 is 27.4 Å². The van der Waals surface area contributed by atoms with Gasteiger partial charge in [0, 0.05) is 12.6 Å². The first-order valence-electron chi connectivity index (χ1n) is 4.40. The summed E-state index contributed by atoms with van der Waals surface area (Å²) in [5.74, 6) is -0.984. The molecule has 0 saturated heterocycles. The zero-order valence-electron chi connectivity index (χ0n) is 8.75. The van der Waals surface area contributed by atoms with Gasteiger partial charge in [0.25, 0.3) is 0 Å². The molecule has 0 saturated carbocycles. The van der Waals surface area contributed by atoms with Crippen molar-refractivity contribution in [2.75, 3.05) is 7.11 Å². The maximum absolute atomic E-state index is 12.1. The fraction of sp³-hybridized carbons (Fsp3) is 0.333. The van der Waals surface area contributed by atoms with E-state index < -0.39 is 12.2 Å². The van der Waals surface area contributed by atoms with E-state index >= 15 is 0 Å². The summed E-state index contributed by atoms with van der Waals surface area (Å²) >= 11 is 0. The van der Waals surface area contributed by atoms with Gasteiger partial charge in [-0.25, -0.2) is 0 Å². The molecule has 1 heterocycles. The molecule has 0 radical (unpaired) electrons. The van der Waals surface area contributed by atoms with Crippen molar-refractivity contribution in [3.8, 4) is 11.8 Å². The van der Waals surface area contributed by atoms with E-state index in [0.717, 1.165) is 0 Å². The number of hydrogen-bond donors (Lipinski definition) is 1. The SMILES string of the molecule is COc1cc(CN)c(C=O)c(OC(F)(F)F)n1. The lowest BCUT2D eigenvalue weighted by atomic mass is 10.1. The Morgan fingerprint density at radius 1 is 1.53 bits per heavy atom. The number of aldehydes is 1. The molecule has 2 N–H and O–H groups in total. The van der Waals surface area contributed by atoms with E-state index in [2.05, 4.69) is 14.5 Å². The van der Waals surface area contributed by atoms with Gasteiger partial charge in [-0.05, 0) is 5.56 Å². The van der Waals surface area contributed by atoms with E-state index in [1.807, 2.05) is 0 Å². The molecule has 0 fully saturated rings. The molecule has 0 unspecified atom stereocenters. The Kier molecular flexibility index (Phi) is 3.89. The van der Waals surface area contributed by atoms with Crippen LogP contribution >= 0.6 is 0 Å². The molecule has 0 spiro atoms. The van der Waals surface area contributed by atoms with Gasteiger partial charge in [0.05, 0.1) is 12.7 Å². The Balaban J connectivity index is 3.29. The highest BCUT2D eigenvalue weighted by Crippen LogP contribution is 2.28. The molecule has 94 valence electrons. The molecule has 0 bridgehead atoms. The number of nitrogens with two attached hydrogens (primary N) is 1. The smallest absolute Gasteiger partial charge is 0.481 e. The molecule has 5 nitrogen and oxygen atoms in total. The van der Waals surface area contributed by atoms with Crippen molar-refractivity contribution in [1.29, 1.82) is 0 Å². The van der Waals surface area contributed by atoms with Crippen LogP contribution in [0, 0.1) is 0 Å². The van der Waals surface area contributed by atoms with Crippen molar-refractivity contribution >= 4 is 6.29 Å². The summed E-state index contributed by atoms with van der Waals surface area (Å²) in [4.78, 5) is 14.1. The molecule has 0 atom stereocenters. The van der Waals surface area contributed by atoms with Crippen LogP contribution in [0.25, 0.3) is 0 Å². The molecule has 0 aromatic carbocycles. The lowest BCUT2D eigenvalue weighted by molar-refractivity contribution is -0.276. The first-order chi connectivity index (χ1) is 7.91. The van der Waals surface area contributed by atoms with Crippen LogP contribution < -0.4 is 15.2 Å². The zero-order valence-corrected chi connectivity index (χ0v) is 8.75. The minimum Gasteiger partial charge on any atom is -0.481 e. The van der Waals surface area contributed by atoms with E-state index in [-0.39, 0.29) is 29.8 Å². The normalized spacial score (nSPS) is 11.1. The number of halogens is 3. The van der Waals surface area contributed by atoms with Gasteiger partial charge in [-0.3, -0.25) is 4.79 Å². The van der Waals surface area contributed by atoms with Gasteiger partial charge < -0.3 is 15.2 Å². The number of nitrogens with zero attached hydrogens (tertiary/aromatic N) is 1. The van der Waals surface area contributed by atoms with Crippen LogP contribution in [-0.4, -0.2) is 24.7 Å². The van der Waals surface area contributed by atoms with E-state index in [1.54, 1.807) is 0 Å². The van der Waals surface area contributed by atoms with Crippen molar-refractivity contribution in [3.05, 3.63) is 17.2 Å². The Morgan fingerprint density at radius 3 is 2.59 bits per heavy atom. The van der Waals surface area contributed by atoms with Crippen molar-refractivity contribution in [1.82, 2.24) is 4.98 Å². The Labute approximate surface area is 94.3 Å². The fourth-order valence-electron chi connectivity index (χ4n) is 1.14. The molecule has 1 rings (SSSR count). The summed E-state index contributed by atoms with van der Waals surface area (Å²) in [6.45, 7) is -0.138. The van der Waals surface area contributed by atoms with Gasteiger partial charge in [-0.1, -0.05) is 0 Å². The monoisotopic (exact) mass is 250 g/mol. The average molecular weight is 250 g/mol. The quantitative estimate of drug-likeness (QED) is 0.814. The van der Waals surface area contributed by atoms with Gasteiger partial charge in [-0.15, -0.1) is 13.2 Å². The minimum absolute atomic E-state index is 0.115.